The number of carbonyl (C=O) groups is 1. The number of carbonyl (C=O) groups excluding carboxylic acids is 1. The molecule has 1 aliphatic rings. The van der Waals surface area contributed by atoms with Crippen molar-refractivity contribution >= 4 is 5.97 Å². The maximum Gasteiger partial charge on any atom is 0.320 e. The molecule has 0 amide bonds. The van der Waals surface area contributed by atoms with Crippen molar-refractivity contribution in [2.24, 2.45) is 5.92 Å². The Morgan fingerprint density at radius 3 is 2.68 bits per heavy atom. The number of benzene rings is 1. The Labute approximate surface area is 133 Å². The molecule has 1 saturated heterocycles. The Morgan fingerprint density at radius 1 is 1.32 bits per heavy atom. The van der Waals surface area contributed by atoms with E-state index in [9.17, 15) is 4.79 Å². The third kappa shape index (κ3) is 6.16. The summed E-state index contributed by atoms with van der Waals surface area (Å²) in [4.78, 5) is 14.1. The van der Waals surface area contributed by atoms with Gasteiger partial charge in [-0.2, -0.15) is 0 Å². The van der Waals surface area contributed by atoms with E-state index in [4.69, 9.17) is 4.74 Å². The van der Waals surface area contributed by atoms with Gasteiger partial charge in [-0.25, -0.2) is 0 Å². The fourth-order valence-electron chi connectivity index (χ4n) is 2.93. The summed E-state index contributed by atoms with van der Waals surface area (Å²) >= 11 is 0. The van der Waals surface area contributed by atoms with Crippen LogP contribution < -0.4 is 5.32 Å². The first kappa shape index (κ1) is 17.0. The molecule has 1 aromatic carbocycles. The largest absolute Gasteiger partial charge is 0.460 e. The van der Waals surface area contributed by atoms with E-state index in [0.717, 1.165) is 17.9 Å². The number of esters is 1. The van der Waals surface area contributed by atoms with Crippen LogP contribution in [0.15, 0.2) is 30.3 Å². The summed E-state index contributed by atoms with van der Waals surface area (Å²) in [5, 5.41) is 3.29. The Hall–Kier alpha value is -1.39. The van der Waals surface area contributed by atoms with Crippen molar-refractivity contribution in [1.29, 1.82) is 0 Å². The minimum absolute atomic E-state index is 0.181. The number of nitrogens with zero attached hydrogens (tertiary/aromatic N) is 1. The standard InChI is InChI=1S/C18H28N2O2/c1-15(12-16-8-10-20(2)11-9-16)19-13-18(21)22-14-17-6-4-3-5-7-17/h3-7,15-16,19H,8-14H2,1-2H3. The molecule has 0 bridgehead atoms. The van der Waals surface area contributed by atoms with Crippen molar-refractivity contribution in [3.05, 3.63) is 35.9 Å². The van der Waals surface area contributed by atoms with E-state index in [1.165, 1.54) is 25.9 Å². The van der Waals surface area contributed by atoms with Crippen LogP contribution in [0.2, 0.25) is 0 Å². The van der Waals surface area contributed by atoms with Gasteiger partial charge in [0.25, 0.3) is 0 Å². The molecule has 22 heavy (non-hydrogen) atoms. The summed E-state index contributed by atoms with van der Waals surface area (Å²) in [5.74, 6) is 0.595. The van der Waals surface area contributed by atoms with Gasteiger partial charge in [0, 0.05) is 6.04 Å². The molecular formula is C18H28N2O2. The highest BCUT2D eigenvalue weighted by molar-refractivity contribution is 5.71. The van der Waals surface area contributed by atoms with Crippen molar-refractivity contribution in [1.82, 2.24) is 10.2 Å². The van der Waals surface area contributed by atoms with Crippen LogP contribution in [-0.4, -0.2) is 43.6 Å². The molecule has 0 saturated carbocycles. The predicted octanol–water partition coefficient (Wildman–Crippen LogP) is 2.44. The third-order valence-electron chi connectivity index (χ3n) is 4.36. The molecule has 0 spiro atoms. The number of rotatable bonds is 7. The molecule has 1 unspecified atom stereocenters. The van der Waals surface area contributed by atoms with Gasteiger partial charge in [-0.1, -0.05) is 30.3 Å². The lowest BCUT2D eigenvalue weighted by Crippen LogP contribution is -2.36. The van der Waals surface area contributed by atoms with Crippen molar-refractivity contribution in [3.63, 3.8) is 0 Å². The van der Waals surface area contributed by atoms with Crippen LogP contribution >= 0.6 is 0 Å². The van der Waals surface area contributed by atoms with Crippen LogP contribution in [0, 0.1) is 5.92 Å². The maximum absolute atomic E-state index is 11.8. The second kappa shape index (κ2) is 8.91. The SMILES string of the molecule is CC(CC1CCN(C)CC1)NCC(=O)OCc1ccccc1. The van der Waals surface area contributed by atoms with Gasteiger partial charge in [-0.3, -0.25) is 4.79 Å². The molecule has 122 valence electrons. The maximum atomic E-state index is 11.8. The van der Waals surface area contributed by atoms with Gasteiger partial charge < -0.3 is 15.0 Å². The molecule has 1 aromatic rings. The van der Waals surface area contributed by atoms with Gasteiger partial charge in [-0.15, -0.1) is 0 Å². The molecule has 4 nitrogen and oxygen atoms in total. The van der Waals surface area contributed by atoms with Crippen LogP contribution in [0.4, 0.5) is 0 Å². The number of hydrogen-bond donors (Lipinski definition) is 1. The van der Waals surface area contributed by atoms with E-state index in [-0.39, 0.29) is 5.97 Å². The summed E-state index contributed by atoms with van der Waals surface area (Å²) in [7, 11) is 2.18. The molecule has 1 aliphatic heterocycles. The molecule has 1 N–H and O–H groups in total. The number of likely N-dealkylation sites (tertiary alicyclic amines) is 1. The number of nitrogens with one attached hydrogen (secondary N) is 1. The van der Waals surface area contributed by atoms with Gasteiger partial charge >= 0.3 is 5.97 Å². The van der Waals surface area contributed by atoms with Crippen molar-refractivity contribution in [2.75, 3.05) is 26.7 Å². The number of ether oxygens (including phenoxy) is 1. The number of hydrogen-bond acceptors (Lipinski definition) is 4. The molecule has 2 rings (SSSR count). The zero-order valence-corrected chi connectivity index (χ0v) is 13.8. The van der Waals surface area contributed by atoms with Gasteiger partial charge in [0.2, 0.25) is 0 Å². The minimum atomic E-state index is -0.181. The second-order valence-corrected chi connectivity index (χ2v) is 6.41. The Balaban J connectivity index is 1.59. The Morgan fingerprint density at radius 2 is 2.00 bits per heavy atom. The van der Waals surface area contributed by atoms with Crippen molar-refractivity contribution < 1.29 is 9.53 Å². The summed E-state index contributed by atoms with van der Waals surface area (Å²) in [6.07, 6.45) is 3.67. The quantitative estimate of drug-likeness (QED) is 0.786. The molecule has 4 heteroatoms. The summed E-state index contributed by atoms with van der Waals surface area (Å²) in [5.41, 5.74) is 1.02. The topological polar surface area (TPSA) is 41.6 Å². The predicted molar refractivity (Wildman–Crippen MR) is 88.5 cm³/mol. The van der Waals surface area contributed by atoms with Gasteiger partial charge in [0.1, 0.15) is 6.61 Å². The fraction of sp³-hybridized carbons (Fsp3) is 0.611. The zero-order chi connectivity index (χ0) is 15.8. The molecule has 0 aliphatic carbocycles. The molecule has 0 radical (unpaired) electrons. The van der Waals surface area contributed by atoms with E-state index in [2.05, 4.69) is 24.2 Å². The fourth-order valence-corrected chi connectivity index (χ4v) is 2.93. The van der Waals surface area contributed by atoms with E-state index < -0.39 is 0 Å². The van der Waals surface area contributed by atoms with E-state index in [1.54, 1.807) is 0 Å². The molecule has 1 heterocycles. The summed E-state index contributed by atoms with van der Waals surface area (Å²) in [6, 6.07) is 10.1. The first-order chi connectivity index (χ1) is 10.6. The Bertz CT molecular complexity index is 442. The highest BCUT2D eigenvalue weighted by atomic mass is 16.5. The smallest absolute Gasteiger partial charge is 0.320 e. The highest BCUT2D eigenvalue weighted by Crippen LogP contribution is 2.20. The first-order valence-corrected chi connectivity index (χ1v) is 8.25. The van der Waals surface area contributed by atoms with Gasteiger partial charge in [0.05, 0.1) is 6.54 Å². The van der Waals surface area contributed by atoms with Crippen LogP contribution in [-0.2, 0) is 16.1 Å². The van der Waals surface area contributed by atoms with Crippen molar-refractivity contribution in [2.45, 2.75) is 38.8 Å². The van der Waals surface area contributed by atoms with Gasteiger partial charge in [0.15, 0.2) is 0 Å². The summed E-state index contributed by atoms with van der Waals surface area (Å²) in [6.45, 7) is 5.18. The van der Waals surface area contributed by atoms with Gasteiger partial charge in [-0.05, 0) is 57.8 Å². The normalized spacial score (nSPS) is 18.1. The second-order valence-electron chi connectivity index (χ2n) is 6.41. The first-order valence-electron chi connectivity index (χ1n) is 8.25. The van der Waals surface area contributed by atoms with Crippen LogP contribution in [0.1, 0.15) is 31.7 Å². The average Bonchev–Trinajstić information content (AvgIpc) is 2.54. The van der Waals surface area contributed by atoms with Crippen LogP contribution in [0.25, 0.3) is 0 Å². The molecular weight excluding hydrogens is 276 g/mol. The van der Waals surface area contributed by atoms with E-state index >= 15 is 0 Å². The number of piperidine rings is 1. The summed E-state index contributed by atoms with van der Waals surface area (Å²) < 4.78 is 5.27. The van der Waals surface area contributed by atoms with E-state index in [0.29, 0.717) is 19.2 Å². The lowest BCUT2D eigenvalue weighted by atomic mass is 9.91. The zero-order valence-electron chi connectivity index (χ0n) is 13.8. The average molecular weight is 304 g/mol. The van der Waals surface area contributed by atoms with Crippen LogP contribution in [0.3, 0.4) is 0 Å². The molecule has 0 aromatic heterocycles. The van der Waals surface area contributed by atoms with Crippen molar-refractivity contribution in [3.8, 4) is 0 Å². The lowest BCUT2D eigenvalue weighted by molar-refractivity contribution is -0.144. The highest BCUT2D eigenvalue weighted by Gasteiger charge is 2.19. The van der Waals surface area contributed by atoms with E-state index in [1.807, 2.05) is 30.3 Å². The monoisotopic (exact) mass is 304 g/mol. The molecule has 1 atom stereocenters. The molecule has 1 fully saturated rings. The third-order valence-corrected chi connectivity index (χ3v) is 4.36. The van der Waals surface area contributed by atoms with Crippen LogP contribution in [0.5, 0.6) is 0 Å². The Kier molecular flexibility index (Phi) is 6.87. The lowest BCUT2D eigenvalue weighted by Gasteiger charge is -2.30. The minimum Gasteiger partial charge on any atom is -0.460 e.